The number of allylic oxidation sites excluding steroid dienone is 4. The van der Waals surface area contributed by atoms with Crippen LogP contribution in [0.1, 0.15) is 6.42 Å². The van der Waals surface area contributed by atoms with Crippen molar-refractivity contribution >= 4 is 64.3 Å². The fourth-order valence-corrected chi connectivity index (χ4v) is 3.23. The van der Waals surface area contributed by atoms with Gasteiger partial charge < -0.3 is 19.4 Å². The zero-order chi connectivity index (χ0) is 16.9. The van der Waals surface area contributed by atoms with Crippen molar-refractivity contribution < 1.29 is 23.3 Å². The molecule has 0 saturated carbocycles. The minimum absolute atomic E-state index is 0. The molecule has 0 atom stereocenters. The van der Waals surface area contributed by atoms with Crippen LogP contribution in [-0.2, 0) is 30.4 Å². The number of rotatable bonds is 0. The van der Waals surface area contributed by atoms with E-state index in [1.54, 1.807) is 0 Å². The fourth-order valence-electron chi connectivity index (χ4n) is 3.23. The molecule has 1 nitrogen and oxygen atoms in total. The maximum absolute atomic E-state index is 3.06. The van der Waals surface area contributed by atoms with Gasteiger partial charge in [0, 0.05) is 12.6 Å². The molecular formula is C23H25Cl2NSiZr-4. The van der Waals surface area contributed by atoms with Crippen LogP contribution in [0.2, 0.25) is 0 Å². The fraction of sp³-hybridized carbons (Fsp3) is 0.0870. The topological polar surface area (TPSA) is 4.93 Å². The number of hydrogen-bond acceptors (Lipinski definition) is 0. The standard InChI is InChI=1S/C16H12N.C5H5.2CH3.2ClH.Si.Zr/c1-17-15-9-5-4-8-13(15)14-10-11-6-2-3-7-12(11)16(14)17;1-2-4-5-3-1;;;;;;/h2-10H,1H3;1-3H,4H2;2*1H3;2*1H;;/q4*-1;;;;. The molecule has 1 aromatic heterocycles. The van der Waals surface area contributed by atoms with Crippen LogP contribution in [0.25, 0.3) is 32.6 Å². The molecule has 2 radical (unpaired) electrons. The molecule has 0 aliphatic heterocycles. The van der Waals surface area contributed by atoms with Gasteiger partial charge in [-0.1, -0.05) is 52.6 Å². The molecule has 4 aromatic rings. The first-order chi connectivity index (χ1) is 11.9. The van der Waals surface area contributed by atoms with E-state index in [4.69, 9.17) is 0 Å². The maximum atomic E-state index is 3.06. The van der Waals surface area contributed by atoms with Crippen LogP contribution in [0.4, 0.5) is 0 Å². The number of hydrogen-bond donors (Lipinski definition) is 0. The number of halogens is 2. The second-order valence-corrected chi connectivity index (χ2v) is 5.57. The first-order valence-corrected chi connectivity index (χ1v) is 12.0. The number of aryl methyl sites for hydroxylation is 1. The average Bonchev–Trinajstić information content (AvgIpc) is 3.37. The Labute approximate surface area is 198 Å². The quantitative estimate of drug-likeness (QED) is 0.182. The van der Waals surface area contributed by atoms with E-state index in [1.165, 1.54) is 55.9 Å². The van der Waals surface area contributed by atoms with Gasteiger partial charge in [0.2, 0.25) is 0 Å². The molecule has 0 N–H and O–H groups in total. The summed E-state index contributed by atoms with van der Waals surface area (Å²) >= 11 is 1.36. The molecule has 0 amide bonds. The molecule has 0 bridgehead atoms. The molecule has 5 rings (SSSR count). The summed E-state index contributed by atoms with van der Waals surface area (Å²) in [7, 11) is 2.15. The molecular weight excluding hydrogens is 480 g/mol. The molecule has 148 valence electrons. The van der Waals surface area contributed by atoms with Crippen molar-refractivity contribution in [3.8, 4) is 0 Å². The van der Waals surface area contributed by atoms with E-state index in [2.05, 4.69) is 85.2 Å². The monoisotopic (exact) mass is 503 g/mol. The second kappa shape index (κ2) is 14.1. The van der Waals surface area contributed by atoms with Crippen molar-refractivity contribution in [1.82, 2.24) is 4.57 Å². The van der Waals surface area contributed by atoms with Crippen molar-refractivity contribution in [2.45, 2.75) is 6.42 Å². The summed E-state index contributed by atoms with van der Waals surface area (Å²) in [4.78, 5) is 0. The van der Waals surface area contributed by atoms with Gasteiger partial charge >= 0.3 is 30.2 Å². The molecule has 0 spiro atoms. The van der Waals surface area contributed by atoms with E-state index >= 15 is 0 Å². The molecule has 28 heavy (non-hydrogen) atoms. The van der Waals surface area contributed by atoms with E-state index in [1.807, 2.05) is 12.2 Å². The third kappa shape index (κ3) is 5.76. The van der Waals surface area contributed by atoms with Crippen molar-refractivity contribution in [3.63, 3.8) is 0 Å². The van der Waals surface area contributed by atoms with Crippen LogP contribution < -0.4 is 0 Å². The predicted octanol–water partition coefficient (Wildman–Crippen LogP) is 6.87. The van der Waals surface area contributed by atoms with Crippen molar-refractivity contribution in [3.05, 3.63) is 93.8 Å². The normalized spacial score (nSPS) is 10.4. The van der Waals surface area contributed by atoms with Crippen LogP contribution in [0.3, 0.4) is 0 Å². The molecule has 5 heteroatoms. The molecule has 1 aliphatic carbocycles. The Morgan fingerprint density at radius 2 is 1.57 bits per heavy atom. The molecule has 0 fully saturated rings. The average molecular weight is 506 g/mol. The first kappa shape index (κ1) is 29.2. The predicted molar refractivity (Wildman–Crippen MR) is 128 cm³/mol. The summed E-state index contributed by atoms with van der Waals surface area (Å²) in [5.41, 5.74) is 2.66. The summed E-state index contributed by atoms with van der Waals surface area (Å²) < 4.78 is 2.30. The third-order valence-electron chi connectivity index (χ3n) is 4.25. The van der Waals surface area contributed by atoms with E-state index < -0.39 is 0 Å². The van der Waals surface area contributed by atoms with Gasteiger partial charge in [0.05, 0.1) is 0 Å². The Morgan fingerprint density at radius 3 is 2.14 bits per heavy atom. The zero-order valence-electron chi connectivity index (χ0n) is 16.4. The number of para-hydroxylation sites is 1. The number of nitrogens with zero attached hydrogens (tertiary/aromatic N) is 1. The van der Waals surface area contributed by atoms with Crippen LogP contribution in [0, 0.1) is 20.9 Å². The summed E-state index contributed by atoms with van der Waals surface area (Å²) in [6.07, 6.45) is 10.0. The van der Waals surface area contributed by atoms with E-state index in [0.717, 1.165) is 6.42 Å². The van der Waals surface area contributed by atoms with Crippen molar-refractivity contribution in [1.29, 1.82) is 0 Å². The summed E-state index contributed by atoms with van der Waals surface area (Å²) in [6, 6.07) is 19.5. The Morgan fingerprint density at radius 1 is 0.964 bits per heavy atom. The van der Waals surface area contributed by atoms with E-state index in [9.17, 15) is 0 Å². The number of fused-ring (bicyclic) bond motifs is 5. The zero-order valence-corrected chi connectivity index (χ0v) is 21.5. The molecule has 1 heterocycles. The first-order valence-electron chi connectivity index (χ1n) is 7.84. The summed E-state index contributed by atoms with van der Waals surface area (Å²) in [5, 5.41) is 5.39. The van der Waals surface area contributed by atoms with E-state index in [0.29, 0.717) is 0 Å². The summed E-state index contributed by atoms with van der Waals surface area (Å²) in [6.45, 7) is 3.06. The van der Waals surface area contributed by atoms with Crippen LogP contribution in [-0.4, -0.2) is 11.4 Å². The SMILES string of the molecule is Cl.Cl.Cn1c2ccccc2c2[cH-]c3ccccc3c21.[C-]1=CC=CC1.[CH3-].[CH3-].[Si]=[Zr]. The van der Waals surface area contributed by atoms with Crippen molar-refractivity contribution in [2.75, 3.05) is 0 Å². The number of benzene rings is 2. The van der Waals surface area contributed by atoms with Gasteiger partial charge in [-0.3, -0.25) is 6.08 Å². The Bertz CT molecular complexity index is 1030. The number of aromatic nitrogens is 1. The van der Waals surface area contributed by atoms with Gasteiger partial charge in [-0.2, -0.15) is 6.08 Å². The van der Waals surface area contributed by atoms with Gasteiger partial charge in [-0.15, -0.1) is 48.8 Å². The minimum atomic E-state index is 0. The third-order valence-corrected chi connectivity index (χ3v) is 4.25. The van der Waals surface area contributed by atoms with Gasteiger partial charge in [-0.05, 0) is 11.6 Å². The van der Waals surface area contributed by atoms with E-state index in [-0.39, 0.29) is 39.7 Å². The van der Waals surface area contributed by atoms with Gasteiger partial charge in [0.25, 0.3) is 0 Å². The molecule has 1 aliphatic rings. The second-order valence-electron chi connectivity index (χ2n) is 5.57. The Hall–Kier alpha value is -0.990. The Kier molecular flexibility index (Phi) is 14.7. The Balaban J connectivity index is 0. The summed E-state index contributed by atoms with van der Waals surface area (Å²) in [5.74, 6) is 0. The van der Waals surface area contributed by atoms with Gasteiger partial charge in [-0.25, -0.2) is 12.2 Å². The van der Waals surface area contributed by atoms with Crippen molar-refractivity contribution in [2.24, 2.45) is 7.05 Å². The van der Waals surface area contributed by atoms with Gasteiger partial charge in [0.15, 0.2) is 0 Å². The van der Waals surface area contributed by atoms with Crippen LogP contribution in [0.5, 0.6) is 0 Å². The molecule has 3 aromatic carbocycles. The van der Waals surface area contributed by atoms with Crippen LogP contribution >= 0.6 is 24.8 Å². The molecule has 0 unspecified atom stereocenters. The van der Waals surface area contributed by atoms with Gasteiger partial charge in [0.1, 0.15) is 0 Å². The molecule has 0 saturated heterocycles. The van der Waals surface area contributed by atoms with Crippen LogP contribution in [0.15, 0.2) is 72.8 Å².